The van der Waals surface area contributed by atoms with Crippen LogP contribution in [0.3, 0.4) is 0 Å². The topological polar surface area (TPSA) is 12.0 Å². The Morgan fingerprint density at radius 3 is 2.38 bits per heavy atom. The third-order valence-electron chi connectivity index (χ3n) is 3.75. The number of hydrogen-bond donors (Lipinski definition) is 1. The lowest BCUT2D eigenvalue weighted by Crippen LogP contribution is -2.24. The number of rotatable bonds is 6. The van der Waals surface area contributed by atoms with Crippen LogP contribution in [0.2, 0.25) is 0 Å². The average Bonchev–Trinajstić information content (AvgIpc) is 2.76. The molecule has 1 heterocycles. The number of thiophene rings is 1. The van der Waals surface area contributed by atoms with E-state index in [0.717, 1.165) is 19.4 Å². The van der Waals surface area contributed by atoms with Crippen LogP contribution < -0.4 is 5.32 Å². The molecule has 0 bridgehead atoms. The summed E-state index contributed by atoms with van der Waals surface area (Å²) < 4.78 is 2.39. The molecular weight excluding hydrogens is 410 g/mol. The second-order valence-electron chi connectivity index (χ2n) is 5.36. The van der Waals surface area contributed by atoms with E-state index in [-0.39, 0.29) is 0 Å². The standard InChI is InChI=1S/C17H21Br2NS/c1-4-8-20-15(14-10-16(18)21-17(14)19)9-13-11(2)6-5-7-12(13)3/h5-7,10,15,20H,4,8-9H2,1-3H3. The minimum absolute atomic E-state index is 0.349. The summed E-state index contributed by atoms with van der Waals surface area (Å²) in [4.78, 5) is 0. The highest BCUT2D eigenvalue weighted by Crippen LogP contribution is 2.37. The van der Waals surface area contributed by atoms with Gasteiger partial charge in [-0.15, -0.1) is 11.3 Å². The van der Waals surface area contributed by atoms with Crippen molar-refractivity contribution in [2.24, 2.45) is 0 Å². The summed E-state index contributed by atoms with van der Waals surface area (Å²) in [6, 6.07) is 9.13. The lowest BCUT2D eigenvalue weighted by atomic mass is 9.94. The summed E-state index contributed by atoms with van der Waals surface area (Å²) in [6.07, 6.45) is 2.17. The third kappa shape index (κ3) is 4.41. The first kappa shape index (κ1) is 17.2. The fourth-order valence-corrected chi connectivity index (χ4v) is 5.55. The Hall–Kier alpha value is -0.160. The lowest BCUT2D eigenvalue weighted by Gasteiger charge is -2.21. The summed E-state index contributed by atoms with van der Waals surface area (Å²) in [5.41, 5.74) is 5.57. The van der Waals surface area contributed by atoms with Gasteiger partial charge in [0.05, 0.1) is 7.57 Å². The van der Waals surface area contributed by atoms with Gasteiger partial charge in [0.1, 0.15) is 0 Å². The molecule has 2 aromatic rings. The van der Waals surface area contributed by atoms with Crippen LogP contribution in [-0.2, 0) is 6.42 Å². The smallest absolute Gasteiger partial charge is 0.0758 e. The van der Waals surface area contributed by atoms with Crippen molar-refractivity contribution in [3.63, 3.8) is 0 Å². The van der Waals surface area contributed by atoms with Gasteiger partial charge in [-0.2, -0.15) is 0 Å². The minimum atomic E-state index is 0.349. The zero-order chi connectivity index (χ0) is 15.4. The van der Waals surface area contributed by atoms with Crippen LogP contribution >= 0.6 is 43.2 Å². The van der Waals surface area contributed by atoms with Crippen molar-refractivity contribution < 1.29 is 0 Å². The third-order valence-corrected chi connectivity index (χ3v) is 6.14. The Kier molecular flexibility index (Phi) is 6.48. The van der Waals surface area contributed by atoms with Crippen LogP contribution in [0, 0.1) is 13.8 Å². The van der Waals surface area contributed by atoms with E-state index >= 15 is 0 Å². The van der Waals surface area contributed by atoms with E-state index in [9.17, 15) is 0 Å². The van der Waals surface area contributed by atoms with E-state index < -0.39 is 0 Å². The zero-order valence-corrected chi connectivity index (χ0v) is 16.7. The van der Waals surface area contributed by atoms with Gasteiger partial charge in [0.15, 0.2) is 0 Å². The van der Waals surface area contributed by atoms with Crippen molar-refractivity contribution in [2.75, 3.05) is 6.54 Å². The van der Waals surface area contributed by atoms with Gasteiger partial charge < -0.3 is 5.32 Å². The first-order valence-electron chi connectivity index (χ1n) is 7.26. The monoisotopic (exact) mass is 429 g/mol. The van der Waals surface area contributed by atoms with Crippen molar-refractivity contribution in [3.8, 4) is 0 Å². The molecule has 0 aliphatic heterocycles. The van der Waals surface area contributed by atoms with E-state index in [2.05, 4.69) is 82.2 Å². The zero-order valence-electron chi connectivity index (χ0n) is 12.7. The summed E-state index contributed by atoms with van der Waals surface area (Å²) in [7, 11) is 0. The molecule has 0 saturated heterocycles. The van der Waals surface area contributed by atoms with Gasteiger partial charge in [-0.3, -0.25) is 0 Å². The SMILES string of the molecule is CCCNC(Cc1c(C)cccc1C)c1cc(Br)sc1Br. The van der Waals surface area contributed by atoms with Gasteiger partial charge in [-0.1, -0.05) is 25.1 Å². The molecule has 0 amide bonds. The summed E-state index contributed by atoms with van der Waals surface area (Å²) in [5, 5.41) is 3.70. The molecule has 1 nitrogen and oxygen atoms in total. The molecule has 21 heavy (non-hydrogen) atoms. The predicted molar refractivity (Wildman–Crippen MR) is 100 cm³/mol. The van der Waals surface area contributed by atoms with Gasteiger partial charge >= 0.3 is 0 Å². The van der Waals surface area contributed by atoms with E-state index in [0.29, 0.717) is 6.04 Å². The highest BCUT2D eigenvalue weighted by atomic mass is 79.9. The average molecular weight is 431 g/mol. The quantitative estimate of drug-likeness (QED) is 0.577. The molecule has 1 N–H and O–H groups in total. The Labute approximate surface area is 148 Å². The first-order valence-corrected chi connectivity index (χ1v) is 9.66. The Morgan fingerprint density at radius 1 is 1.19 bits per heavy atom. The molecule has 4 heteroatoms. The Bertz CT molecular complexity index is 587. The van der Waals surface area contributed by atoms with Gasteiger partial charge in [-0.25, -0.2) is 0 Å². The second kappa shape index (κ2) is 7.91. The van der Waals surface area contributed by atoms with E-state index in [4.69, 9.17) is 0 Å². The van der Waals surface area contributed by atoms with Crippen molar-refractivity contribution in [1.82, 2.24) is 5.32 Å². The maximum Gasteiger partial charge on any atom is 0.0758 e. The van der Waals surface area contributed by atoms with E-state index in [1.54, 1.807) is 11.3 Å². The fraction of sp³-hybridized carbons (Fsp3) is 0.412. The molecule has 0 spiro atoms. The van der Waals surface area contributed by atoms with Gasteiger partial charge in [0, 0.05) is 6.04 Å². The number of benzene rings is 1. The minimum Gasteiger partial charge on any atom is -0.310 e. The molecule has 0 aliphatic rings. The van der Waals surface area contributed by atoms with Crippen molar-refractivity contribution in [3.05, 3.63) is 54.1 Å². The normalized spacial score (nSPS) is 12.6. The maximum absolute atomic E-state index is 3.71. The van der Waals surface area contributed by atoms with Crippen LogP contribution in [0.15, 0.2) is 31.8 Å². The molecule has 114 valence electrons. The summed E-state index contributed by atoms with van der Waals surface area (Å²) in [6.45, 7) is 7.66. The Morgan fingerprint density at radius 2 is 1.86 bits per heavy atom. The number of hydrogen-bond acceptors (Lipinski definition) is 2. The second-order valence-corrected chi connectivity index (χ2v) is 9.11. The van der Waals surface area contributed by atoms with E-state index in [1.165, 1.54) is 29.8 Å². The van der Waals surface area contributed by atoms with Crippen LogP contribution in [0.1, 0.15) is 41.6 Å². The molecule has 0 fully saturated rings. The molecular formula is C17H21Br2NS. The van der Waals surface area contributed by atoms with Gasteiger partial charge in [0.25, 0.3) is 0 Å². The molecule has 1 atom stereocenters. The molecule has 2 rings (SSSR count). The summed E-state index contributed by atoms with van der Waals surface area (Å²) in [5.74, 6) is 0. The fourth-order valence-electron chi connectivity index (χ4n) is 2.58. The van der Waals surface area contributed by atoms with E-state index in [1.807, 2.05) is 0 Å². The summed E-state index contributed by atoms with van der Waals surface area (Å²) >= 11 is 9.05. The molecule has 1 aromatic carbocycles. The highest BCUT2D eigenvalue weighted by molar-refractivity contribution is 9.12. The first-order chi connectivity index (χ1) is 10.0. The van der Waals surface area contributed by atoms with Crippen molar-refractivity contribution >= 4 is 43.2 Å². The predicted octanol–water partition coefficient (Wildman–Crippen LogP) is 6.17. The van der Waals surface area contributed by atoms with Crippen molar-refractivity contribution in [2.45, 2.75) is 39.7 Å². The van der Waals surface area contributed by atoms with Gasteiger partial charge in [-0.05, 0) is 93.4 Å². The van der Waals surface area contributed by atoms with Crippen LogP contribution in [0.5, 0.6) is 0 Å². The molecule has 1 unspecified atom stereocenters. The molecule has 0 saturated carbocycles. The molecule has 0 radical (unpaired) electrons. The molecule has 1 aromatic heterocycles. The van der Waals surface area contributed by atoms with Crippen LogP contribution in [0.25, 0.3) is 0 Å². The number of aryl methyl sites for hydroxylation is 2. The highest BCUT2D eigenvalue weighted by Gasteiger charge is 2.18. The van der Waals surface area contributed by atoms with Crippen LogP contribution in [-0.4, -0.2) is 6.54 Å². The van der Waals surface area contributed by atoms with Crippen LogP contribution in [0.4, 0.5) is 0 Å². The number of halogens is 2. The molecule has 0 aliphatic carbocycles. The lowest BCUT2D eigenvalue weighted by molar-refractivity contribution is 0.527. The maximum atomic E-state index is 3.71. The van der Waals surface area contributed by atoms with Crippen molar-refractivity contribution in [1.29, 1.82) is 0 Å². The Balaban J connectivity index is 2.30. The largest absolute Gasteiger partial charge is 0.310 e. The number of nitrogens with one attached hydrogen (secondary N) is 1. The van der Waals surface area contributed by atoms with Gasteiger partial charge in [0.2, 0.25) is 0 Å².